The van der Waals surface area contributed by atoms with Crippen molar-refractivity contribution in [1.82, 2.24) is 9.78 Å². The highest BCUT2D eigenvalue weighted by atomic mass is 35.5. The normalized spacial score (nSPS) is 12.4. The maximum atomic E-state index is 13.4. The van der Waals surface area contributed by atoms with E-state index in [4.69, 9.17) is 11.6 Å². The number of carbonyl (C=O) groups excluding carboxylic acids is 1. The molecular weight excluding hydrogens is 467 g/mol. The molecule has 0 radical (unpaired) electrons. The number of aliphatic hydroxyl groups excluding tert-OH is 1. The number of nitrogens with zero attached hydrogens (tertiary/aromatic N) is 2. The fourth-order valence-corrected chi connectivity index (χ4v) is 3.63. The van der Waals surface area contributed by atoms with E-state index in [-0.39, 0.29) is 16.4 Å². The number of nitrogens with one attached hydrogen (secondary N) is 1. The van der Waals surface area contributed by atoms with Gasteiger partial charge in [-0.25, -0.2) is 4.68 Å². The highest BCUT2D eigenvalue weighted by molar-refractivity contribution is 6.34. The van der Waals surface area contributed by atoms with Gasteiger partial charge in [0.05, 0.1) is 16.4 Å². The first-order valence-corrected chi connectivity index (χ1v) is 10.6. The average Bonchev–Trinajstić information content (AvgIpc) is 3.27. The summed E-state index contributed by atoms with van der Waals surface area (Å²) in [5.41, 5.74) is 0.813. The van der Waals surface area contributed by atoms with Gasteiger partial charge < -0.3 is 10.4 Å². The molecule has 0 spiro atoms. The Labute approximate surface area is 198 Å². The molecule has 1 aromatic heterocycles. The maximum Gasteiger partial charge on any atom is 0.435 e. The molecule has 0 aliphatic carbocycles. The minimum absolute atomic E-state index is 0.143. The number of aliphatic hydroxyl groups is 1. The number of alkyl halides is 3. The van der Waals surface area contributed by atoms with Crippen molar-refractivity contribution in [2.75, 3.05) is 5.32 Å². The van der Waals surface area contributed by atoms with Gasteiger partial charge in [0.15, 0.2) is 5.69 Å². The molecule has 1 heterocycles. The van der Waals surface area contributed by atoms with Crippen LogP contribution < -0.4 is 5.32 Å². The lowest BCUT2D eigenvalue weighted by Gasteiger charge is -2.15. The van der Waals surface area contributed by atoms with Gasteiger partial charge in [-0.1, -0.05) is 60.1 Å². The Morgan fingerprint density at radius 1 is 1.00 bits per heavy atom. The van der Waals surface area contributed by atoms with Crippen molar-refractivity contribution in [3.63, 3.8) is 0 Å². The van der Waals surface area contributed by atoms with Crippen LogP contribution in [0.4, 0.5) is 18.9 Å². The highest BCUT2D eigenvalue weighted by Gasteiger charge is 2.36. The van der Waals surface area contributed by atoms with Gasteiger partial charge in [-0.3, -0.25) is 4.79 Å². The average molecular weight is 486 g/mol. The Morgan fingerprint density at radius 3 is 2.41 bits per heavy atom. The molecule has 1 atom stereocenters. The molecule has 9 heteroatoms. The first kappa shape index (κ1) is 23.5. The molecule has 4 aromatic rings. The van der Waals surface area contributed by atoms with Gasteiger partial charge in [0, 0.05) is 6.07 Å². The lowest BCUT2D eigenvalue weighted by molar-refractivity contribution is -0.141. The Kier molecular flexibility index (Phi) is 6.45. The second-order valence-corrected chi connectivity index (χ2v) is 8.08. The molecule has 0 saturated carbocycles. The molecule has 2 N–H and O–H groups in total. The number of anilines is 1. The minimum atomic E-state index is -4.73. The van der Waals surface area contributed by atoms with Crippen LogP contribution >= 0.6 is 11.6 Å². The highest BCUT2D eigenvalue weighted by Crippen LogP contribution is 2.32. The van der Waals surface area contributed by atoms with E-state index in [9.17, 15) is 23.1 Å². The summed E-state index contributed by atoms with van der Waals surface area (Å²) >= 11 is 6.24. The number of amides is 1. The number of aryl methyl sites for hydroxylation is 1. The predicted molar refractivity (Wildman–Crippen MR) is 123 cm³/mol. The van der Waals surface area contributed by atoms with Crippen molar-refractivity contribution in [2.24, 2.45) is 0 Å². The van der Waals surface area contributed by atoms with Crippen LogP contribution in [0, 0.1) is 6.92 Å². The molecule has 1 unspecified atom stereocenters. The van der Waals surface area contributed by atoms with E-state index in [1.54, 1.807) is 61.5 Å². The molecular formula is C25H19ClF3N3O2. The number of hydrogen-bond acceptors (Lipinski definition) is 3. The van der Waals surface area contributed by atoms with Crippen molar-refractivity contribution >= 4 is 23.2 Å². The van der Waals surface area contributed by atoms with Crippen molar-refractivity contribution in [2.45, 2.75) is 19.2 Å². The molecule has 3 aromatic carbocycles. The predicted octanol–water partition coefficient (Wildman–Crippen LogP) is 6.19. The van der Waals surface area contributed by atoms with Gasteiger partial charge in [0.25, 0.3) is 5.91 Å². The summed E-state index contributed by atoms with van der Waals surface area (Å²) in [7, 11) is 0. The van der Waals surface area contributed by atoms with E-state index in [0.29, 0.717) is 22.9 Å². The van der Waals surface area contributed by atoms with Crippen LogP contribution in [0.5, 0.6) is 0 Å². The number of halogens is 4. The fourth-order valence-electron chi connectivity index (χ4n) is 3.46. The topological polar surface area (TPSA) is 67.2 Å². The zero-order valence-corrected chi connectivity index (χ0v) is 18.6. The number of aromatic nitrogens is 2. The third kappa shape index (κ3) is 4.98. The summed E-state index contributed by atoms with van der Waals surface area (Å²) in [6.07, 6.45) is -5.72. The van der Waals surface area contributed by atoms with E-state index in [2.05, 4.69) is 10.4 Å². The second-order valence-electron chi connectivity index (χ2n) is 7.67. The summed E-state index contributed by atoms with van der Waals surface area (Å²) in [6.45, 7) is 1.78. The Balaban J connectivity index is 1.70. The third-order valence-electron chi connectivity index (χ3n) is 5.15. The smallest absolute Gasteiger partial charge is 0.384 e. The van der Waals surface area contributed by atoms with E-state index < -0.39 is 23.9 Å². The molecule has 0 aliphatic heterocycles. The first-order valence-electron chi connectivity index (χ1n) is 10.2. The summed E-state index contributed by atoms with van der Waals surface area (Å²) in [5.74, 6) is -0.835. The van der Waals surface area contributed by atoms with Crippen LogP contribution in [0.2, 0.25) is 5.02 Å². The number of hydrogen-bond donors (Lipinski definition) is 2. The van der Waals surface area contributed by atoms with Crippen LogP contribution in [0.25, 0.3) is 5.69 Å². The largest absolute Gasteiger partial charge is 0.435 e. The minimum Gasteiger partial charge on any atom is -0.384 e. The molecule has 4 rings (SSSR count). The second kappa shape index (κ2) is 9.32. The summed E-state index contributed by atoms with van der Waals surface area (Å²) in [6, 6.07) is 20.8. The molecule has 174 valence electrons. The number of carbonyl (C=O) groups is 1. The van der Waals surface area contributed by atoms with Crippen LogP contribution in [0.3, 0.4) is 0 Å². The SMILES string of the molecule is Cc1cccc(-n2nc(C(F)(F)F)cc2C(=O)Nc2cc(C(O)c3ccccc3)ccc2Cl)c1. The molecule has 0 fully saturated rings. The molecule has 34 heavy (non-hydrogen) atoms. The summed E-state index contributed by atoms with van der Waals surface area (Å²) in [5, 5.41) is 17.0. The van der Waals surface area contributed by atoms with E-state index in [0.717, 1.165) is 10.2 Å². The van der Waals surface area contributed by atoms with E-state index in [1.807, 2.05) is 6.07 Å². The lowest BCUT2D eigenvalue weighted by Crippen LogP contribution is -2.17. The molecule has 0 bridgehead atoms. The van der Waals surface area contributed by atoms with Crippen LogP contribution in [0.1, 0.15) is 39.0 Å². The Morgan fingerprint density at radius 2 is 1.74 bits per heavy atom. The van der Waals surface area contributed by atoms with Crippen LogP contribution in [0.15, 0.2) is 78.9 Å². The third-order valence-corrected chi connectivity index (χ3v) is 5.48. The van der Waals surface area contributed by atoms with E-state index in [1.165, 1.54) is 12.1 Å². The zero-order chi connectivity index (χ0) is 24.5. The summed E-state index contributed by atoms with van der Waals surface area (Å²) < 4.78 is 41.1. The lowest BCUT2D eigenvalue weighted by atomic mass is 10.0. The monoisotopic (exact) mass is 485 g/mol. The number of rotatable bonds is 5. The van der Waals surface area contributed by atoms with Gasteiger partial charge >= 0.3 is 6.18 Å². The van der Waals surface area contributed by atoms with Crippen molar-refractivity contribution in [1.29, 1.82) is 0 Å². The van der Waals surface area contributed by atoms with Crippen molar-refractivity contribution < 1.29 is 23.1 Å². The van der Waals surface area contributed by atoms with Crippen LogP contribution in [-0.2, 0) is 6.18 Å². The molecule has 5 nitrogen and oxygen atoms in total. The summed E-state index contributed by atoms with van der Waals surface area (Å²) in [4.78, 5) is 13.1. The van der Waals surface area contributed by atoms with Gasteiger partial charge in [-0.2, -0.15) is 18.3 Å². The van der Waals surface area contributed by atoms with E-state index >= 15 is 0 Å². The fraction of sp³-hybridized carbons (Fsp3) is 0.120. The van der Waals surface area contributed by atoms with Gasteiger partial charge in [-0.15, -0.1) is 0 Å². The van der Waals surface area contributed by atoms with Crippen molar-refractivity contribution in [3.8, 4) is 5.69 Å². The molecule has 1 amide bonds. The quantitative estimate of drug-likeness (QED) is 0.354. The standard InChI is InChI=1S/C25H19ClF3N3O2/c1-15-6-5-9-18(12-15)32-21(14-22(31-32)25(27,28)29)24(34)30-20-13-17(10-11-19(20)26)23(33)16-7-3-2-4-8-16/h2-14,23,33H,1H3,(H,30,34). The van der Waals surface area contributed by atoms with Gasteiger partial charge in [-0.05, 0) is 47.9 Å². The van der Waals surface area contributed by atoms with Gasteiger partial charge in [0.2, 0.25) is 0 Å². The first-order chi connectivity index (χ1) is 16.1. The Bertz CT molecular complexity index is 1340. The molecule has 0 saturated heterocycles. The van der Waals surface area contributed by atoms with Crippen molar-refractivity contribution in [3.05, 3.63) is 112 Å². The van der Waals surface area contributed by atoms with Gasteiger partial charge in [0.1, 0.15) is 11.8 Å². The maximum absolute atomic E-state index is 13.4. The zero-order valence-electron chi connectivity index (χ0n) is 17.8. The van der Waals surface area contributed by atoms with Crippen LogP contribution in [-0.4, -0.2) is 20.8 Å². The molecule has 0 aliphatic rings. The number of benzene rings is 3. The Hall–Kier alpha value is -3.62.